The first-order valence-electron chi connectivity index (χ1n) is 3.55. The van der Waals surface area contributed by atoms with Crippen molar-refractivity contribution in [2.75, 3.05) is 0 Å². The summed E-state index contributed by atoms with van der Waals surface area (Å²) in [5, 5.41) is 0. The maximum atomic E-state index is 5.74. The summed E-state index contributed by atoms with van der Waals surface area (Å²) in [6.07, 6.45) is 0. The molecule has 1 aromatic carbocycles. The molecule has 12 heavy (non-hydrogen) atoms. The second-order valence-corrected chi connectivity index (χ2v) is 3.74. The second-order valence-electron chi connectivity index (χ2n) is 2.49. The van der Waals surface area contributed by atoms with Gasteiger partial charge in [-0.15, -0.1) is 0 Å². The molecule has 0 saturated heterocycles. The van der Waals surface area contributed by atoms with Gasteiger partial charge in [0.15, 0.2) is 0 Å². The Bertz CT molecular complexity index is 262. The SMILES string of the molecule is ClCc1cc([CH]=[Zr+2])cc(CCl)c1. The van der Waals surface area contributed by atoms with Gasteiger partial charge in [0.05, 0.1) is 0 Å². The van der Waals surface area contributed by atoms with Gasteiger partial charge < -0.3 is 0 Å². The summed E-state index contributed by atoms with van der Waals surface area (Å²) in [6, 6.07) is 6.23. The molecule has 0 nitrogen and oxygen atoms in total. The standard InChI is InChI=1S/C9H8Cl2.Zr/c1-7-2-8(5-10)4-9(3-7)6-11;/h1-4H,5-6H2;/q;+2. The summed E-state index contributed by atoms with van der Waals surface area (Å²) < 4.78 is 2.14. The number of hydrogen-bond acceptors (Lipinski definition) is 0. The summed E-state index contributed by atoms with van der Waals surface area (Å²) in [5.74, 6) is 1.11. The summed E-state index contributed by atoms with van der Waals surface area (Å²) >= 11 is 12.9. The topological polar surface area (TPSA) is 0 Å². The molecule has 0 aliphatic carbocycles. The fourth-order valence-electron chi connectivity index (χ4n) is 1.03. The number of halogens is 2. The molecule has 0 atom stereocenters. The van der Waals surface area contributed by atoms with Gasteiger partial charge in [0.2, 0.25) is 0 Å². The first-order valence-corrected chi connectivity index (χ1v) is 6.04. The molecule has 1 rings (SSSR count). The Balaban J connectivity index is 3.09. The molecule has 0 aliphatic rings. The summed E-state index contributed by atoms with van der Waals surface area (Å²) in [4.78, 5) is 0. The van der Waals surface area contributed by atoms with Crippen LogP contribution < -0.4 is 0 Å². The Morgan fingerprint density at radius 2 is 1.58 bits per heavy atom. The number of benzene rings is 1. The summed E-state index contributed by atoms with van der Waals surface area (Å²) in [6.45, 7) is 0. The molecule has 0 bridgehead atoms. The Labute approximate surface area is 97.2 Å². The van der Waals surface area contributed by atoms with Gasteiger partial charge >= 0.3 is 97.8 Å². The molecule has 0 saturated carbocycles. The van der Waals surface area contributed by atoms with E-state index in [1.807, 2.05) is 6.07 Å². The van der Waals surface area contributed by atoms with Crippen LogP contribution in [0.25, 0.3) is 0 Å². The third-order valence-electron chi connectivity index (χ3n) is 1.55. The van der Waals surface area contributed by atoms with Crippen LogP contribution in [0.3, 0.4) is 0 Å². The zero-order valence-electron chi connectivity index (χ0n) is 6.48. The van der Waals surface area contributed by atoms with Gasteiger partial charge in [-0.1, -0.05) is 0 Å². The molecule has 0 aromatic heterocycles. The molecular formula is C9H8Cl2Zr+2. The van der Waals surface area contributed by atoms with E-state index >= 15 is 0 Å². The minimum absolute atomic E-state index is 0.557. The van der Waals surface area contributed by atoms with E-state index < -0.39 is 0 Å². The van der Waals surface area contributed by atoms with E-state index in [-0.39, 0.29) is 0 Å². The normalized spacial score (nSPS) is 10.0. The van der Waals surface area contributed by atoms with Crippen molar-refractivity contribution in [3.05, 3.63) is 34.9 Å². The molecule has 60 valence electrons. The fraction of sp³-hybridized carbons (Fsp3) is 0.222. The van der Waals surface area contributed by atoms with Crippen LogP contribution in [-0.4, -0.2) is 3.71 Å². The molecule has 3 heteroatoms. The summed E-state index contributed by atoms with van der Waals surface area (Å²) in [7, 11) is 0. The van der Waals surface area contributed by atoms with Gasteiger partial charge in [-0.3, -0.25) is 0 Å². The molecular weight excluding hydrogens is 270 g/mol. The number of rotatable bonds is 3. The van der Waals surface area contributed by atoms with E-state index in [0.717, 1.165) is 11.1 Å². The van der Waals surface area contributed by atoms with Crippen LogP contribution in [0.2, 0.25) is 0 Å². The van der Waals surface area contributed by atoms with Crippen LogP contribution in [-0.2, 0) is 36.0 Å². The predicted molar refractivity (Wildman–Crippen MR) is 50.7 cm³/mol. The Kier molecular flexibility index (Phi) is 4.71. The van der Waals surface area contributed by atoms with Gasteiger partial charge in [-0.05, 0) is 0 Å². The second kappa shape index (κ2) is 5.32. The van der Waals surface area contributed by atoms with Gasteiger partial charge in [0, 0.05) is 0 Å². The number of hydrogen-bond donors (Lipinski definition) is 0. The molecule has 0 amide bonds. The molecule has 0 N–H and O–H groups in total. The molecule has 0 aliphatic heterocycles. The van der Waals surface area contributed by atoms with E-state index in [1.165, 1.54) is 29.8 Å². The zero-order valence-corrected chi connectivity index (χ0v) is 10.4. The van der Waals surface area contributed by atoms with E-state index in [9.17, 15) is 0 Å². The third kappa shape index (κ3) is 2.80. The van der Waals surface area contributed by atoms with Crippen molar-refractivity contribution in [2.24, 2.45) is 0 Å². The van der Waals surface area contributed by atoms with Crippen molar-refractivity contribution in [1.29, 1.82) is 0 Å². The fourth-order valence-corrected chi connectivity index (χ4v) is 1.75. The van der Waals surface area contributed by atoms with Crippen molar-refractivity contribution >= 4 is 26.9 Å². The van der Waals surface area contributed by atoms with Crippen LogP contribution in [0, 0.1) is 0 Å². The van der Waals surface area contributed by atoms with Gasteiger partial charge in [-0.25, -0.2) is 0 Å². The Morgan fingerprint density at radius 1 is 1.08 bits per heavy atom. The van der Waals surface area contributed by atoms with E-state index in [1.54, 1.807) is 0 Å². The van der Waals surface area contributed by atoms with Crippen molar-refractivity contribution in [3.8, 4) is 0 Å². The first kappa shape index (κ1) is 10.6. The minimum atomic E-state index is 0.557. The van der Waals surface area contributed by atoms with Crippen molar-refractivity contribution in [3.63, 3.8) is 0 Å². The number of alkyl halides is 2. The van der Waals surface area contributed by atoms with Gasteiger partial charge in [0.1, 0.15) is 0 Å². The van der Waals surface area contributed by atoms with Gasteiger partial charge in [-0.2, -0.15) is 0 Å². The van der Waals surface area contributed by atoms with E-state index in [4.69, 9.17) is 23.2 Å². The van der Waals surface area contributed by atoms with Crippen LogP contribution in [0.15, 0.2) is 18.2 Å². The molecule has 0 heterocycles. The van der Waals surface area contributed by atoms with Crippen molar-refractivity contribution < 1.29 is 24.2 Å². The molecule has 0 fully saturated rings. The Morgan fingerprint density at radius 3 is 1.92 bits per heavy atom. The Hall–Kier alpha value is 0.553. The van der Waals surface area contributed by atoms with Crippen LogP contribution in [0.1, 0.15) is 16.7 Å². The molecule has 0 unspecified atom stereocenters. The molecule has 0 radical (unpaired) electrons. The summed E-state index contributed by atoms with van der Waals surface area (Å²) in [5.41, 5.74) is 3.51. The first-order chi connectivity index (χ1) is 5.80. The average Bonchev–Trinajstić information content (AvgIpc) is 2.16. The average molecular weight is 278 g/mol. The van der Waals surface area contributed by atoms with E-state index in [0.29, 0.717) is 11.8 Å². The quantitative estimate of drug-likeness (QED) is 0.746. The van der Waals surface area contributed by atoms with Crippen LogP contribution in [0.5, 0.6) is 0 Å². The van der Waals surface area contributed by atoms with Crippen molar-refractivity contribution in [2.45, 2.75) is 11.8 Å². The van der Waals surface area contributed by atoms with Crippen LogP contribution in [0.4, 0.5) is 0 Å². The van der Waals surface area contributed by atoms with E-state index in [2.05, 4.69) is 15.8 Å². The third-order valence-corrected chi connectivity index (χ3v) is 2.99. The molecule has 1 aromatic rings. The monoisotopic (exact) mass is 276 g/mol. The van der Waals surface area contributed by atoms with Crippen LogP contribution >= 0.6 is 23.2 Å². The predicted octanol–water partition coefficient (Wildman–Crippen LogP) is 2.86. The maximum absolute atomic E-state index is 5.74. The zero-order chi connectivity index (χ0) is 8.97. The molecule has 0 spiro atoms. The van der Waals surface area contributed by atoms with Crippen molar-refractivity contribution in [1.82, 2.24) is 0 Å². The van der Waals surface area contributed by atoms with Gasteiger partial charge in [0.25, 0.3) is 0 Å².